The molecule has 116 valence electrons. The number of nitrogens with one attached hydrogen (secondary N) is 2. The monoisotopic (exact) mass is 298 g/mol. The number of amides is 1. The molecule has 0 saturated carbocycles. The van der Waals surface area contributed by atoms with Gasteiger partial charge >= 0.3 is 0 Å². The van der Waals surface area contributed by atoms with E-state index in [-0.39, 0.29) is 11.8 Å². The number of benzene rings is 1. The van der Waals surface area contributed by atoms with Crippen LogP contribution >= 0.6 is 0 Å². The molecule has 2 heterocycles. The number of aryl methyl sites for hydroxylation is 1. The third-order valence-electron chi connectivity index (χ3n) is 4.23. The first-order valence-electron chi connectivity index (χ1n) is 7.79. The molecule has 0 aliphatic carbocycles. The molecular weight excluding hydrogens is 276 g/mol. The van der Waals surface area contributed by atoms with Crippen LogP contribution in [0.3, 0.4) is 0 Å². The van der Waals surface area contributed by atoms with E-state index in [2.05, 4.69) is 22.7 Å². The molecule has 1 amide bonds. The maximum atomic E-state index is 12.5. The molecular formula is C17H22N4O. The molecule has 2 atom stereocenters. The summed E-state index contributed by atoms with van der Waals surface area (Å²) >= 11 is 0. The molecule has 1 fully saturated rings. The van der Waals surface area contributed by atoms with Gasteiger partial charge in [0.05, 0.1) is 11.9 Å². The Balaban J connectivity index is 1.78. The molecule has 0 radical (unpaired) electrons. The predicted molar refractivity (Wildman–Crippen MR) is 87.1 cm³/mol. The molecule has 22 heavy (non-hydrogen) atoms. The summed E-state index contributed by atoms with van der Waals surface area (Å²) in [5, 5.41) is 10.8. The molecule has 2 N–H and O–H groups in total. The van der Waals surface area contributed by atoms with Crippen LogP contribution in [0.25, 0.3) is 5.69 Å². The Morgan fingerprint density at radius 3 is 2.95 bits per heavy atom. The van der Waals surface area contributed by atoms with Gasteiger partial charge in [-0.25, -0.2) is 4.68 Å². The van der Waals surface area contributed by atoms with E-state index in [1.54, 1.807) is 10.9 Å². The molecule has 2 aromatic rings. The molecule has 5 heteroatoms. The lowest BCUT2D eigenvalue weighted by Gasteiger charge is -2.27. The second kappa shape index (κ2) is 6.32. The number of aromatic nitrogens is 2. The Kier molecular flexibility index (Phi) is 4.24. The maximum absolute atomic E-state index is 12.5. The number of anilines is 1. The van der Waals surface area contributed by atoms with Crippen molar-refractivity contribution in [3.8, 4) is 5.69 Å². The van der Waals surface area contributed by atoms with Crippen molar-refractivity contribution < 1.29 is 4.79 Å². The molecule has 1 saturated heterocycles. The van der Waals surface area contributed by atoms with Gasteiger partial charge in [-0.15, -0.1) is 0 Å². The van der Waals surface area contributed by atoms with Gasteiger partial charge in [-0.1, -0.05) is 18.2 Å². The average molecular weight is 298 g/mol. The minimum atomic E-state index is 0.0662. The third-order valence-corrected chi connectivity index (χ3v) is 4.23. The number of carbonyl (C=O) groups is 1. The average Bonchev–Trinajstić information content (AvgIpc) is 2.95. The highest BCUT2D eigenvalue weighted by Crippen LogP contribution is 2.21. The fourth-order valence-electron chi connectivity index (χ4n) is 2.99. The van der Waals surface area contributed by atoms with Crippen molar-refractivity contribution >= 4 is 11.7 Å². The highest BCUT2D eigenvalue weighted by molar-refractivity contribution is 5.92. The van der Waals surface area contributed by atoms with Crippen LogP contribution in [0.15, 0.2) is 36.5 Å². The van der Waals surface area contributed by atoms with Gasteiger partial charge in [0.2, 0.25) is 5.91 Å². The summed E-state index contributed by atoms with van der Waals surface area (Å²) in [4.78, 5) is 12.5. The highest BCUT2D eigenvalue weighted by Gasteiger charge is 2.25. The van der Waals surface area contributed by atoms with Gasteiger partial charge in [-0.3, -0.25) is 4.79 Å². The molecule has 1 aromatic heterocycles. The van der Waals surface area contributed by atoms with Gasteiger partial charge in [-0.2, -0.15) is 5.10 Å². The zero-order chi connectivity index (χ0) is 15.5. The SMILES string of the molecule is Cc1ccccc1-n1nccc1NC(=O)[C@H]1CCN[C@@H](C)C1. The number of nitrogens with zero attached hydrogens (tertiary/aromatic N) is 2. The van der Waals surface area contributed by atoms with E-state index >= 15 is 0 Å². The first-order chi connectivity index (χ1) is 10.6. The lowest BCUT2D eigenvalue weighted by Crippen LogP contribution is -2.40. The smallest absolute Gasteiger partial charge is 0.228 e. The third kappa shape index (κ3) is 3.04. The van der Waals surface area contributed by atoms with Gasteiger partial charge in [0, 0.05) is 18.0 Å². The minimum Gasteiger partial charge on any atom is -0.314 e. The summed E-state index contributed by atoms with van der Waals surface area (Å²) in [7, 11) is 0. The second-order valence-corrected chi connectivity index (χ2v) is 5.98. The van der Waals surface area contributed by atoms with Crippen LogP contribution in [0.2, 0.25) is 0 Å². The van der Waals surface area contributed by atoms with Crippen LogP contribution in [-0.4, -0.2) is 28.3 Å². The van der Waals surface area contributed by atoms with E-state index in [0.29, 0.717) is 6.04 Å². The fourth-order valence-corrected chi connectivity index (χ4v) is 2.99. The van der Waals surface area contributed by atoms with Gasteiger partial charge in [-0.05, 0) is 44.9 Å². The van der Waals surface area contributed by atoms with Crippen molar-refractivity contribution in [2.75, 3.05) is 11.9 Å². The normalized spacial score (nSPS) is 21.5. The lowest BCUT2D eigenvalue weighted by atomic mass is 9.92. The Morgan fingerprint density at radius 1 is 1.36 bits per heavy atom. The molecule has 0 spiro atoms. The van der Waals surface area contributed by atoms with Crippen molar-refractivity contribution in [2.24, 2.45) is 5.92 Å². The Hall–Kier alpha value is -2.14. The van der Waals surface area contributed by atoms with E-state index in [0.717, 1.165) is 36.5 Å². The summed E-state index contributed by atoms with van der Waals surface area (Å²) in [6.07, 6.45) is 3.48. The summed E-state index contributed by atoms with van der Waals surface area (Å²) in [6.45, 7) is 5.06. The number of rotatable bonds is 3. The van der Waals surface area contributed by atoms with Crippen LogP contribution in [0, 0.1) is 12.8 Å². The summed E-state index contributed by atoms with van der Waals surface area (Å²) in [5.74, 6) is 0.880. The van der Waals surface area contributed by atoms with Crippen molar-refractivity contribution in [3.63, 3.8) is 0 Å². The first kappa shape index (κ1) is 14.8. The summed E-state index contributed by atoms with van der Waals surface area (Å²) in [5.41, 5.74) is 2.11. The van der Waals surface area contributed by atoms with Crippen molar-refractivity contribution in [3.05, 3.63) is 42.1 Å². The van der Waals surface area contributed by atoms with Crippen molar-refractivity contribution in [1.82, 2.24) is 15.1 Å². The molecule has 1 aliphatic heterocycles. The van der Waals surface area contributed by atoms with E-state index in [9.17, 15) is 4.79 Å². The van der Waals surface area contributed by atoms with Crippen LogP contribution in [0.4, 0.5) is 5.82 Å². The number of carbonyl (C=O) groups excluding carboxylic acids is 1. The zero-order valence-corrected chi connectivity index (χ0v) is 13.0. The van der Waals surface area contributed by atoms with E-state index in [1.165, 1.54) is 0 Å². The lowest BCUT2D eigenvalue weighted by molar-refractivity contribution is -0.120. The number of hydrogen-bond acceptors (Lipinski definition) is 3. The van der Waals surface area contributed by atoms with E-state index in [4.69, 9.17) is 0 Å². The number of para-hydroxylation sites is 1. The van der Waals surface area contributed by atoms with Crippen molar-refractivity contribution in [1.29, 1.82) is 0 Å². The second-order valence-electron chi connectivity index (χ2n) is 5.98. The highest BCUT2D eigenvalue weighted by atomic mass is 16.2. The van der Waals surface area contributed by atoms with Crippen LogP contribution < -0.4 is 10.6 Å². The Morgan fingerprint density at radius 2 is 2.18 bits per heavy atom. The molecule has 0 bridgehead atoms. The number of hydrogen-bond donors (Lipinski definition) is 2. The molecule has 1 aromatic carbocycles. The topological polar surface area (TPSA) is 59.0 Å². The predicted octanol–water partition coefficient (Wildman–Crippen LogP) is 2.51. The minimum absolute atomic E-state index is 0.0662. The largest absolute Gasteiger partial charge is 0.314 e. The Labute approximate surface area is 130 Å². The van der Waals surface area contributed by atoms with E-state index < -0.39 is 0 Å². The Bertz CT molecular complexity index is 664. The number of piperidine rings is 1. The van der Waals surface area contributed by atoms with Crippen LogP contribution in [0.1, 0.15) is 25.3 Å². The zero-order valence-electron chi connectivity index (χ0n) is 13.0. The van der Waals surface area contributed by atoms with E-state index in [1.807, 2.05) is 37.3 Å². The van der Waals surface area contributed by atoms with Crippen molar-refractivity contribution in [2.45, 2.75) is 32.7 Å². The maximum Gasteiger partial charge on any atom is 0.228 e. The van der Waals surface area contributed by atoms with Crippen LogP contribution in [0.5, 0.6) is 0 Å². The molecule has 3 rings (SSSR count). The summed E-state index contributed by atoms with van der Waals surface area (Å²) < 4.78 is 1.79. The van der Waals surface area contributed by atoms with Gasteiger partial charge in [0.15, 0.2) is 0 Å². The van der Waals surface area contributed by atoms with Gasteiger partial charge in [0.25, 0.3) is 0 Å². The summed E-state index contributed by atoms with van der Waals surface area (Å²) in [6, 6.07) is 10.3. The first-order valence-corrected chi connectivity index (χ1v) is 7.79. The standard InChI is InChI=1S/C17H22N4O/c1-12-5-3-4-6-15(12)21-16(8-10-19-21)20-17(22)14-7-9-18-13(2)11-14/h3-6,8,10,13-14,18H,7,9,11H2,1-2H3,(H,20,22)/t13-,14-/m0/s1. The fraction of sp³-hybridized carbons (Fsp3) is 0.412. The molecule has 1 aliphatic rings. The van der Waals surface area contributed by atoms with Gasteiger partial charge < -0.3 is 10.6 Å². The van der Waals surface area contributed by atoms with Gasteiger partial charge in [0.1, 0.15) is 5.82 Å². The quantitative estimate of drug-likeness (QED) is 0.915. The van der Waals surface area contributed by atoms with Crippen LogP contribution in [-0.2, 0) is 4.79 Å². The molecule has 0 unspecified atom stereocenters. The molecule has 5 nitrogen and oxygen atoms in total.